The quantitative estimate of drug-likeness (QED) is 0.803. The first kappa shape index (κ1) is 19.0. The number of alkyl halides is 2. The number of aryl methyl sites for hydroxylation is 1. The number of nitrogens with zero attached hydrogens (tertiary/aromatic N) is 4. The molecule has 0 N–H and O–H groups in total. The number of rotatable bonds is 5. The molecule has 27 heavy (non-hydrogen) atoms. The van der Waals surface area contributed by atoms with E-state index < -0.39 is 6.43 Å². The topological polar surface area (TPSA) is 58.6 Å². The zero-order chi connectivity index (χ0) is 19.4. The van der Waals surface area contributed by atoms with Gasteiger partial charge in [0, 0.05) is 43.5 Å². The standard InChI is InChI=1S/C19H22F2N4O2/c1-13-10-16(27-2)23-19(22-13)25-8-6-24(7-9-25)17(26)12-14-4-3-5-15(11-14)18(20)21/h3-5,10-11,18H,6-9,12H2,1-2H3. The molecule has 1 aliphatic heterocycles. The van der Waals surface area contributed by atoms with E-state index in [2.05, 4.69) is 9.97 Å². The van der Waals surface area contributed by atoms with Gasteiger partial charge in [-0.15, -0.1) is 0 Å². The van der Waals surface area contributed by atoms with Gasteiger partial charge in [0.2, 0.25) is 17.7 Å². The predicted molar refractivity (Wildman–Crippen MR) is 97.2 cm³/mol. The van der Waals surface area contributed by atoms with Crippen molar-refractivity contribution in [2.45, 2.75) is 19.8 Å². The van der Waals surface area contributed by atoms with Crippen LogP contribution in [-0.2, 0) is 11.2 Å². The number of aromatic nitrogens is 2. The minimum atomic E-state index is -2.53. The molecular formula is C19H22F2N4O2. The minimum Gasteiger partial charge on any atom is -0.481 e. The number of benzene rings is 1. The summed E-state index contributed by atoms with van der Waals surface area (Å²) < 4.78 is 30.8. The molecule has 1 aromatic heterocycles. The van der Waals surface area contributed by atoms with E-state index in [4.69, 9.17) is 4.74 Å². The van der Waals surface area contributed by atoms with Crippen LogP contribution in [0, 0.1) is 6.92 Å². The SMILES string of the molecule is COc1cc(C)nc(N2CCN(C(=O)Cc3cccc(C(F)F)c3)CC2)n1. The lowest BCUT2D eigenvalue weighted by Gasteiger charge is -2.35. The van der Waals surface area contributed by atoms with Gasteiger partial charge in [-0.05, 0) is 18.6 Å². The van der Waals surface area contributed by atoms with Crippen LogP contribution in [0.4, 0.5) is 14.7 Å². The molecule has 8 heteroatoms. The van der Waals surface area contributed by atoms with Gasteiger partial charge in [0.15, 0.2) is 0 Å². The van der Waals surface area contributed by atoms with Gasteiger partial charge in [-0.1, -0.05) is 18.2 Å². The monoisotopic (exact) mass is 376 g/mol. The molecule has 1 saturated heterocycles. The maximum absolute atomic E-state index is 12.8. The number of ether oxygens (including phenoxy) is 1. The third-order valence-corrected chi connectivity index (χ3v) is 4.50. The fraction of sp³-hybridized carbons (Fsp3) is 0.421. The average molecular weight is 376 g/mol. The van der Waals surface area contributed by atoms with Crippen molar-refractivity contribution in [3.05, 3.63) is 47.2 Å². The molecule has 144 valence electrons. The fourth-order valence-electron chi connectivity index (χ4n) is 3.05. The summed E-state index contributed by atoms with van der Waals surface area (Å²) in [4.78, 5) is 25.1. The molecule has 1 amide bonds. The molecule has 0 radical (unpaired) electrons. The summed E-state index contributed by atoms with van der Waals surface area (Å²) in [6, 6.07) is 7.79. The molecule has 2 aromatic rings. The van der Waals surface area contributed by atoms with E-state index >= 15 is 0 Å². The Labute approximate surface area is 156 Å². The molecule has 0 unspecified atom stereocenters. The molecular weight excluding hydrogens is 354 g/mol. The number of methoxy groups -OCH3 is 1. The van der Waals surface area contributed by atoms with Crippen LogP contribution in [0.5, 0.6) is 5.88 Å². The first-order valence-electron chi connectivity index (χ1n) is 8.75. The summed E-state index contributed by atoms with van der Waals surface area (Å²) in [6.07, 6.45) is -2.41. The van der Waals surface area contributed by atoms with Crippen molar-refractivity contribution in [3.63, 3.8) is 0 Å². The smallest absolute Gasteiger partial charge is 0.263 e. The Kier molecular flexibility index (Phi) is 5.83. The summed E-state index contributed by atoms with van der Waals surface area (Å²) in [5.41, 5.74) is 1.36. The molecule has 1 aliphatic rings. The Balaban J connectivity index is 1.59. The summed E-state index contributed by atoms with van der Waals surface area (Å²) in [7, 11) is 1.56. The lowest BCUT2D eigenvalue weighted by atomic mass is 10.1. The third-order valence-electron chi connectivity index (χ3n) is 4.50. The van der Waals surface area contributed by atoms with E-state index in [1.165, 1.54) is 12.1 Å². The number of hydrogen-bond donors (Lipinski definition) is 0. The molecule has 0 atom stereocenters. The van der Waals surface area contributed by atoms with Crippen LogP contribution in [0.15, 0.2) is 30.3 Å². The molecule has 6 nitrogen and oxygen atoms in total. The predicted octanol–water partition coefficient (Wildman–Crippen LogP) is 2.62. The van der Waals surface area contributed by atoms with Crippen molar-refractivity contribution >= 4 is 11.9 Å². The van der Waals surface area contributed by atoms with Gasteiger partial charge < -0.3 is 14.5 Å². The first-order valence-corrected chi connectivity index (χ1v) is 8.75. The van der Waals surface area contributed by atoms with Crippen LogP contribution in [0.3, 0.4) is 0 Å². The highest BCUT2D eigenvalue weighted by atomic mass is 19.3. The number of amides is 1. The molecule has 3 rings (SSSR count). The van der Waals surface area contributed by atoms with Gasteiger partial charge in [-0.2, -0.15) is 4.98 Å². The summed E-state index contributed by atoms with van der Waals surface area (Å²) in [5, 5.41) is 0. The molecule has 0 spiro atoms. The zero-order valence-electron chi connectivity index (χ0n) is 15.4. The Hall–Kier alpha value is -2.77. The van der Waals surface area contributed by atoms with E-state index in [0.717, 1.165) is 5.69 Å². The van der Waals surface area contributed by atoms with Crippen molar-refractivity contribution in [2.24, 2.45) is 0 Å². The summed E-state index contributed by atoms with van der Waals surface area (Å²) in [6.45, 7) is 4.16. The highest BCUT2D eigenvalue weighted by Crippen LogP contribution is 2.20. The van der Waals surface area contributed by atoms with Gasteiger partial charge >= 0.3 is 0 Å². The maximum Gasteiger partial charge on any atom is 0.263 e. The second kappa shape index (κ2) is 8.28. The highest BCUT2D eigenvalue weighted by Gasteiger charge is 2.23. The number of piperazine rings is 1. The minimum absolute atomic E-state index is 0.0596. The number of carbonyl (C=O) groups excluding carboxylic acids is 1. The van der Waals surface area contributed by atoms with Crippen molar-refractivity contribution in [1.29, 1.82) is 0 Å². The van der Waals surface area contributed by atoms with Crippen LogP contribution < -0.4 is 9.64 Å². The molecule has 0 aliphatic carbocycles. The number of halogens is 2. The van der Waals surface area contributed by atoms with E-state index in [1.807, 2.05) is 11.8 Å². The Morgan fingerprint density at radius 3 is 2.59 bits per heavy atom. The van der Waals surface area contributed by atoms with E-state index in [1.54, 1.807) is 30.2 Å². The highest BCUT2D eigenvalue weighted by molar-refractivity contribution is 5.79. The van der Waals surface area contributed by atoms with Crippen LogP contribution in [-0.4, -0.2) is 54.1 Å². The van der Waals surface area contributed by atoms with E-state index in [0.29, 0.717) is 43.6 Å². The number of hydrogen-bond acceptors (Lipinski definition) is 5. The van der Waals surface area contributed by atoms with Gasteiger partial charge in [0.05, 0.1) is 13.5 Å². The molecule has 0 saturated carbocycles. The van der Waals surface area contributed by atoms with E-state index in [-0.39, 0.29) is 17.9 Å². The van der Waals surface area contributed by atoms with Gasteiger partial charge in [-0.25, -0.2) is 13.8 Å². The van der Waals surface area contributed by atoms with Gasteiger partial charge in [0.1, 0.15) is 0 Å². The Morgan fingerprint density at radius 1 is 1.19 bits per heavy atom. The van der Waals surface area contributed by atoms with Crippen LogP contribution in [0.25, 0.3) is 0 Å². The molecule has 1 fully saturated rings. The van der Waals surface area contributed by atoms with Crippen molar-refractivity contribution < 1.29 is 18.3 Å². The third kappa shape index (κ3) is 4.69. The lowest BCUT2D eigenvalue weighted by Crippen LogP contribution is -2.49. The second-order valence-electron chi connectivity index (χ2n) is 6.44. The Morgan fingerprint density at radius 2 is 1.93 bits per heavy atom. The molecule has 2 heterocycles. The second-order valence-corrected chi connectivity index (χ2v) is 6.44. The molecule has 0 bridgehead atoms. The average Bonchev–Trinajstić information content (AvgIpc) is 2.67. The van der Waals surface area contributed by atoms with Crippen molar-refractivity contribution in [2.75, 3.05) is 38.2 Å². The van der Waals surface area contributed by atoms with E-state index in [9.17, 15) is 13.6 Å². The summed E-state index contributed by atoms with van der Waals surface area (Å²) in [5.74, 6) is 1.03. The maximum atomic E-state index is 12.8. The number of anilines is 1. The number of carbonyl (C=O) groups is 1. The van der Waals surface area contributed by atoms with Crippen molar-refractivity contribution in [1.82, 2.24) is 14.9 Å². The fourth-order valence-corrected chi connectivity index (χ4v) is 3.05. The summed E-state index contributed by atoms with van der Waals surface area (Å²) >= 11 is 0. The zero-order valence-corrected chi connectivity index (χ0v) is 15.4. The normalized spacial score (nSPS) is 14.6. The van der Waals surface area contributed by atoms with Gasteiger partial charge in [0.25, 0.3) is 6.43 Å². The first-order chi connectivity index (χ1) is 13.0. The Bertz CT molecular complexity index is 808. The van der Waals surface area contributed by atoms with Crippen LogP contribution >= 0.6 is 0 Å². The van der Waals surface area contributed by atoms with Gasteiger partial charge in [-0.3, -0.25) is 4.79 Å². The van der Waals surface area contributed by atoms with Crippen LogP contribution in [0.2, 0.25) is 0 Å². The van der Waals surface area contributed by atoms with Crippen molar-refractivity contribution in [3.8, 4) is 5.88 Å². The largest absolute Gasteiger partial charge is 0.481 e. The van der Waals surface area contributed by atoms with Crippen LogP contribution in [0.1, 0.15) is 23.2 Å². The molecule has 1 aromatic carbocycles. The lowest BCUT2D eigenvalue weighted by molar-refractivity contribution is -0.130.